The molecule has 1 N–H and O–H groups in total. The molecule has 2 rings (SSSR count). The van der Waals surface area contributed by atoms with Crippen molar-refractivity contribution in [3.8, 4) is 0 Å². The van der Waals surface area contributed by atoms with E-state index in [0.717, 1.165) is 16.3 Å². The van der Waals surface area contributed by atoms with Gasteiger partial charge in [-0.3, -0.25) is 14.1 Å². The number of sulfonamides is 1. The van der Waals surface area contributed by atoms with Crippen molar-refractivity contribution < 1.29 is 13.2 Å². The summed E-state index contributed by atoms with van der Waals surface area (Å²) in [5.41, 5.74) is 1.63. The summed E-state index contributed by atoms with van der Waals surface area (Å²) < 4.78 is 26.6. The maximum absolute atomic E-state index is 12.7. The van der Waals surface area contributed by atoms with Crippen LogP contribution in [0.15, 0.2) is 47.6 Å². The highest BCUT2D eigenvalue weighted by Crippen LogP contribution is 2.22. The Morgan fingerprint density at radius 2 is 1.88 bits per heavy atom. The third-order valence-corrected chi connectivity index (χ3v) is 5.82. The number of pyridine rings is 1. The number of aromatic nitrogens is 1. The van der Waals surface area contributed by atoms with E-state index in [1.54, 1.807) is 24.3 Å². The van der Waals surface area contributed by atoms with Crippen LogP contribution in [0.3, 0.4) is 0 Å². The van der Waals surface area contributed by atoms with Crippen molar-refractivity contribution in [1.29, 1.82) is 0 Å². The van der Waals surface area contributed by atoms with Crippen LogP contribution in [0.2, 0.25) is 0 Å². The van der Waals surface area contributed by atoms with E-state index in [0.29, 0.717) is 11.3 Å². The largest absolute Gasteiger partial charge is 0.350 e. The first-order valence-electron chi connectivity index (χ1n) is 8.07. The molecule has 0 aliphatic heterocycles. The number of nitrogens with one attached hydrogen (secondary N) is 1. The Morgan fingerprint density at radius 1 is 1.24 bits per heavy atom. The molecule has 134 valence electrons. The number of nitrogens with zero attached hydrogens (tertiary/aromatic N) is 2. The number of carbonyl (C=O) groups excluding carboxylic acids is 1. The summed E-state index contributed by atoms with van der Waals surface area (Å²) >= 11 is 0. The monoisotopic (exact) mass is 361 g/mol. The van der Waals surface area contributed by atoms with Gasteiger partial charge in [0, 0.05) is 19.3 Å². The summed E-state index contributed by atoms with van der Waals surface area (Å²) in [5, 5.41) is 2.84. The highest BCUT2D eigenvalue weighted by atomic mass is 32.2. The predicted molar refractivity (Wildman–Crippen MR) is 98.2 cm³/mol. The van der Waals surface area contributed by atoms with Gasteiger partial charge in [-0.2, -0.15) is 0 Å². The van der Waals surface area contributed by atoms with E-state index in [1.807, 2.05) is 20.8 Å². The highest BCUT2D eigenvalue weighted by Gasteiger charge is 2.22. The molecule has 0 saturated carbocycles. The second-order valence-corrected chi connectivity index (χ2v) is 7.97. The number of hydrogen-bond acceptors (Lipinski definition) is 4. The molecular formula is C18H23N3O3S. The first-order valence-corrected chi connectivity index (χ1v) is 9.51. The van der Waals surface area contributed by atoms with E-state index in [1.165, 1.54) is 25.5 Å². The van der Waals surface area contributed by atoms with Gasteiger partial charge in [0.15, 0.2) is 0 Å². The van der Waals surface area contributed by atoms with Crippen LogP contribution in [0.1, 0.15) is 36.2 Å². The molecule has 0 aliphatic carbocycles. The third-order valence-electron chi connectivity index (χ3n) is 4.02. The van der Waals surface area contributed by atoms with Crippen LogP contribution in [0.25, 0.3) is 0 Å². The minimum absolute atomic E-state index is 0.0326. The van der Waals surface area contributed by atoms with Gasteiger partial charge >= 0.3 is 0 Å². The van der Waals surface area contributed by atoms with E-state index < -0.39 is 10.0 Å². The van der Waals surface area contributed by atoms with Gasteiger partial charge < -0.3 is 5.32 Å². The summed E-state index contributed by atoms with van der Waals surface area (Å²) in [6, 6.07) is 8.17. The molecule has 25 heavy (non-hydrogen) atoms. The summed E-state index contributed by atoms with van der Waals surface area (Å²) in [7, 11) is -2.27. The van der Waals surface area contributed by atoms with Crippen molar-refractivity contribution in [3.63, 3.8) is 0 Å². The molecule has 0 spiro atoms. The number of hydrogen-bond donors (Lipinski definition) is 1. The van der Waals surface area contributed by atoms with Crippen molar-refractivity contribution in [2.24, 2.45) is 0 Å². The second kappa shape index (κ2) is 7.65. The molecule has 0 bridgehead atoms. The minimum Gasteiger partial charge on any atom is -0.350 e. The third kappa shape index (κ3) is 4.36. The van der Waals surface area contributed by atoms with Crippen LogP contribution < -0.4 is 9.62 Å². The van der Waals surface area contributed by atoms with E-state index in [2.05, 4.69) is 10.3 Å². The lowest BCUT2D eigenvalue weighted by Crippen LogP contribution is -2.32. The Hall–Kier alpha value is -2.41. The van der Waals surface area contributed by atoms with Gasteiger partial charge in [-0.25, -0.2) is 8.42 Å². The Bertz CT molecular complexity index is 848. The van der Waals surface area contributed by atoms with Gasteiger partial charge in [-0.05, 0) is 38.5 Å². The number of rotatable bonds is 6. The summed E-state index contributed by atoms with van der Waals surface area (Å²) in [6.07, 6.45) is 3.65. The summed E-state index contributed by atoms with van der Waals surface area (Å²) in [6.45, 7) is 5.77. The molecule has 6 nitrogen and oxygen atoms in total. The van der Waals surface area contributed by atoms with Gasteiger partial charge in [0.2, 0.25) is 0 Å². The highest BCUT2D eigenvalue weighted by molar-refractivity contribution is 7.92. The van der Waals surface area contributed by atoms with Crippen molar-refractivity contribution in [3.05, 3.63) is 53.9 Å². The number of carbonyl (C=O) groups is 1. The standard InChI is InChI=1S/C18H23N3O3S/c1-5-14(3)20-18(22)15-10-16(12-19-11-15)21(4)25(23,24)17-8-6-13(2)7-9-17/h6-12,14H,5H2,1-4H3,(H,20,22)/t14-/m0/s1. The number of aryl methyl sites for hydroxylation is 1. The van der Waals surface area contributed by atoms with Crippen molar-refractivity contribution in [2.75, 3.05) is 11.4 Å². The van der Waals surface area contributed by atoms with E-state index >= 15 is 0 Å². The topological polar surface area (TPSA) is 79.4 Å². The zero-order valence-corrected chi connectivity index (χ0v) is 15.7. The number of benzene rings is 1. The van der Waals surface area contributed by atoms with Crippen molar-refractivity contribution in [2.45, 2.75) is 38.1 Å². The molecule has 1 aromatic carbocycles. The minimum atomic E-state index is -3.72. The molecule has 1 atom stereocenters. The first-order chi connectivity index (χ1) is 11.8. The molecule has 0 radical (unpaired) electrons. The lowest BCUT2D eigenvalue weighted by Gasteiger charge is -2.20. The Kier molecular flexibility index (Phi) is 5.79. The summed E-state index contributed by atoms with van der Waals surface area (Å²) in [5.74, 6) is -0.273. The van der Waals surface area contributed by atoms with Crippen molar-refractivity contribution in [1.82, 2.24) is 10.3 Å². The number of anilines is 1. The fourth-order valence-electron chi connectivity index (χ4n) is 2.14. The quantitative estimate of drug-likeness (QED) is 0.858. The van der Waals surface area contributed by atoms with E-state index in [4.69, 9.17) is 0 Å². The SMILES string of the molecule is CC[C@H](C)NC(=O)c1cncc(N(C)S(=O)(=O)c2ccc(C)cc2)c1. The van der Waals surface area contributed by atoms with Crippen LogP contribution in [0.5, 0.6) is 0 Å². The first kappa shape index (κ1) is 18.9. The molecule has 0 fully saturated rings. The summed E-state index contributed by atoms with van der Waals surface area (Å²) in [4.78, 5) is 16.4. The van der Waals surface area contributed by atoms with E-state index in [-0.39, 0.29) is 16.8 Å². The molecular weight excluding hydrogens is 338 g/mol. The molecule has 0 aliphatic rings. The Balaban J connectivity index is 2.30. The van der Waals surface area contributed by atoms with Gasteiger partial charge in [-0.1, -0.05) is 24.6 Å². The predicted octanol–water partition coefficient (Wildman–Crippen LogP) is 2.74. The van der Waals surface area contributed by atoms with Crippen LogP contribution in [0, 0.1) is 6.92 Å². The van der Waals surface area contributed by atoms with Gasteiger partial charge in [-0.15, -0.1) is 0 Å². The van der Waals surface area contributed by atoms with Gasteiger partial charge in [0.1, 0.15) is 0 Å². The lowest BCUT2D eigenvalue weighted by molar-refractivity contribution is 0.0939. The fraction of sp³-hybridized carbons (Fsp3) is 0.333. The molecule has 2 aromatic rings. The maximum atomic E-state index is 12.7. The Labute approximate surface area is 148 Å². The average Bonchev–Trinajstić information content (AvgIpc) is 2.61. The number of amides is 1. The molecule has 7 heteroatoms. The molecule has 1 aromatic heterocycles. The zero-order valence-electron chi connectivity index (χ0n) is 14.9. The van der Waals surface area contributed by atoms with Gasteiger partial charge in [0.05, 0.1) is 22.3 Å². The zero-order chi connectivity index (χ0) is 18.6. The molecule has 1 amide bonds. The molecule has 0 unspecified atom stereocenters. The van der Waals surface area contributed by atoms with E-state index in [9.17, 15) is 13.2 Å². The van der Waals surface area contributed by atoms with Crippen LogP contribution in [-0.4, -0.2) is 32.4 Å². The fourth-order valence-corrected chi connectivity index (χ4v) is 3.31. The smallest absolute Gasteiger partial charge is 0.264 e. The average molecular weight is 361 g/mol. The van der Waals surface area contributed by atoms with Gasteiger partial charge in [0.25, 0.3) is 15.9 Å². The second-order valence-electron chi connectivity index (χ2n) is 6.00. The normalized spacial score (nSPS) is 12.5. The van der Waals surface area contributed by atoms with Crippen LogP contribution in [0.4, 0.5) is 5.69 Å². The molecule has 0 saturated heterocycles. The maximum Gasteiger partial charge on any atom is 0.264 e. The van der Waals surface area contributed by atoms with Crippen LogP contribution in [-0.2, 0) is 10.0 Å². The molecule has 1 heterocycles. The van der Waals surface area contributed by atoms with Crippen LogP contribution >= 0.6 is 0 Å². The van der Waals surface area contributed by atoms with Crippen molar-refractivity contribution >= 4 is 21.6 Å². The lowest BCUT2D eigenvalue weighted by atomic mass is 10.2. The Morgan fingerprint density at radius 3 is 2.48 bits per heavy atom.